The van der Waals surface area contributed by atoms with E-state index >= 15 is 0 Å². The van der Waals surface area contributed by atoms with E-state index in [1.54, 1.807) is 0 Å². The first-order valence-corrected chi connectivity index (χ1v) is 8.98. The van der Waals surface area contributed by atoms with Gasteiger partial charge < -0.3 is 0 Å². The van der Waals surface area contributed by atoms with E-state index in [0.29, 0.717) is 10.8 Å². The standard InChI is InChI=1S/C18H26BrCl/c1-17(2,3)15-7-9-18(13-20,10-8-15)12-14-5-4-6-16(19)11-14/h4-6,11,15H,7-10,12-13H2,1-3H3. The van der Waals surface area contributed by atoms with E-state index in [4.69, 9.17) is 11.6 Å². The zero-order valence-electron chi connectivity index (χ0n) is 12.9. The fourth-order valence-corrected chi connectivity index (χ4v) is 4.34. The summed E-state index contributed by atoms with van der Waals surface area (Å²) < 4.78 is 1.17. The number of alkyl halides is 1. The van der Waals surface area contributed by atoms with Crippen molar-refractivity contribution in [2.24, 2.45) is 16.7 Å². The van der Waals surface area contributed by atoms with Crippen LogP contribution in [0.2, 0.25) is 0 Å². The molecule has 0 heterocycles. The van der Waals surface area contributed by atoms with Gasteiger partial charge in [0.15, 0.2) is 0 Å². The molecule has 0 aromatic heterocycles. The lowest BCUT2D eigenvalue weighted by molar-refractivity contribution is 0.102. The van der Waals surface area contributed by atoms with Gasteiger partial charge >= 0.3 is 0 Å². The number of hydrogen-bond acceptors (Lipinski definition) is 0. The van der Waals surface area contributed by atoms with Gasteiger partial charge in [0.2, 0.25) is 0 Å². The van der Waals surface area contributed by atoms with Crippen LogP contribution >= 0.6 is 27.5 Å². The molecule has 1 fully saturated rings. The summed E-state index contributed by atoms with van der Waals surface area (Å²) in [6.45, 7) is 7.12. The maximum absolute atomic E-state index is 6.38. The van der Waals surface area contributed by atoms with Crippen molar-refractivity contribution >= 4 is 27.5 Å². The Morgan fingerprint density at radius 2 is 1.90 bits per heavy atom. The largest absolute Gasteiger partial charge is 0.126 e. The van der Waals surface area contributed by atoms with Crippen LogP contribution in [0.5, 0.6) is 0 Å². The molecular formula is C18H26BrCl. The van der Waals surface area contributed by atoms with Crippen LogP contribution in [0.15, 0.2) is 28.7 Å². The summed E-state index contributed by atoms with van der Waals surface area (Å²) in [4.78, 5) is 0. The van der Waals surface area contributed by atoms with E-state index in [1.165, 1.54) is 35.7 Å². The second-order valence-corrected chi connectivity index (χ2v) is 8.76. The average Bonchev–Trinajstić information content (AvgIpc) is 2.38. The molecule has 0 amide bonds. The average molecular weight is 358 g/mol. The van der Waals surface area contributed by atoms with Gasteiger partial charge in [-0.05, 0) is 66.5 Å². The first kappa shape index (κ1) is 16.4. The predicted octanol–water partition coefficient (Wildman–Crippen LogP) is 6.45. The van der Waals surface area contributed by atoms with Crippen molar-refractivity contribution in [3.05, 3.63) is 34.3 Å². The van der Waals surface area contributed by atoms with Crippen LogP contribution in [-0.2, 0) is 6.42 Å². The summed E-state index contributed by atoms with van der Waals surface area (Å²) in [5, 5.41) is 0. The van der Waals surface area contributed by atoms with E-state index in [0.717, 1.165) is 18.2 Å². The molecule has 0 unspecified atom stereocenters. The Morgan fingerprint density at radius 1 is 1.25 bits per heavy atom. The molecule has 0 nitrogen and oxygen atoms in total. The summed E-state index contributed by atoms with van der Waals surface area (Å²) in [6.07, 6.45) is 6.30. The fraction of sp³-hybridized carbons (Fsp3) is 0.667. The van der Waals surface area contributed by atoms with Gasteiger partial charge in [0.05, 0.1) is 0 Å². The summed E-state index contributed by atoms with van der Waals surface area (Å²) >= 11 is 9.95. The quantitative estimate of drug-likeness (QED) is 0.545. The molecule has 1 aromatic rings. The predicted molar refractivity (Wildman–Crippen MR) is 92.4 cm³/mol. The van der Waals surface area contributed by atoms with Crippen molar-refractivity contribution < 1.29 is 0 Å². The molecule has 0 saturated heterocycles. The molecular weight excluding hydrogens is 332 g/mol. The molecule has 1 aliphatic rings. The molecule has 0 atom stereocenters. The Bertz CT molecular complexity index is 439. The molecule has 20 heavy (non-hydrogen) atoms. The highest BCUT2D eigenvalue weighted by Crippen LogP contribution is 2.47. The summed E-state index contributed by atoms with van der Waals surface area (Å²) in [7, 11) is 0. The Balaban J connectivity index is 2.05. The summed E-state index contributed by atoms with van der Waals surface area (Å²) in [5.41, 5.74) is 2.16. The van der Waals surface area contributed by atoms with Gasteiger partial charge in [-0.15, -0.1) is 11.6 Å². The molecule has 2 heteroatoms. The third-order valence-corrected chi connectivity index (χ3v) is 6.08. The van der Waals surface area contributed by atoms with Gasteiger partial charge in [0, 0.05) is 10.4 Å². The molecule has 112 valence electrons. The minimum Gasteiger partial charge on any atom is -0.126 e. The van der Waals surface area contributed by atoms with Crippen molar-refractivity contribution in [1.29, 1.82) is 0 Å². The number of halogens is 2. The summed E-state index contributed by atoms with van der Waals surface area (Å²) in [6, 6.07) is 8.69. The highest BCUT2D eigenvalue weighted by molar-refractivity contribution is 9.10. The fourth-order valence-electron chi connectivity index (χ4n) is 3.53. The minimum absolute atomic E-state index is 0.310. The Labute approximate surface area is 137 Å². The van der Waals surface area contributed by atoms with Crippen LogP contribution in [0.1, 0.15) is 52.0 Å². The second kappa shape index (κ2) is 6.40. The Morgan fingerprint density at radius 3 is 2.40 bits per heavy atom. The van der Waals surface area contributed by atoms with Crippen LogP contribution in [0, 0.1) is 16.7 Å². The molecule has 0 N–H and O–H groups in total. The molecule has 0 spiro atoms. The van der Waals surface area contributed by atoms with Crippen LogP contribution in [0.25, 0.3) is 0 Å². The maximum Gasteiger partial charge on any atom is 0.0283 e. The Kier molecular flexibility index (Phi) is 5.24. The Hall–Kier alpha value is -0.0100. The molecule has 1 aromatic carbocycles. The van der Waals surface area contributed by atoms with E-state index < -0.39 is 0 Å². The van der Waals surface area contributed by atoms with Gasteiger partial charge in [0.25, 0.3) is 0 Å². The van der Waals surface area contributed by atoms with Crippen LogP contribution in [0.3, 0.4) is 0 Å². The van der Waals surface area contributed by atoms with E-state index in [1.807, 2.05) is 0 Å². The van der Waals surface area contributed by atoms with Gasteiger partial charge in [-0.2, -0.15) is 0 Å². The third-order valence-electron chi connectivity index (χ3n) is 5.02. The smallest absolute Gasteiger partial charge is 0.0283 e. The van der Waals surface area contributed by atoms with Gasteiger partial charge in [-0.3, -0.25) is 0 Å². The maximum atomic E-state index is 6.38. The molecule has 2 rings (SSSR count). The highest BCUT2D eigenvalue weighted by Gasteiger charge is 2.38. The van der Waals surface area contributed by atoms with Crippen LogP contribution in [-0.4, -0.2) is 5.88 Å². The van der Waals surface area contributed by atoms with E-state index in [9.17, 15) is 0 Å². The zero-order chi connectivity index (χ0) is 14.8. The topological polar surface area (TPSA) is 0 Å². The van der Waals surface area contributed by atoms with Crippen molar-refractivity contribution in [3.63, 3.8) is 0 Å². The number of rotatable bonds is 3. The van der Waals surface area contributed by atoms with Crippen molar-refractivity contribution in [3.8, 4) is 0 Å². The lowest BCUT2D eigenvalue weighted by Gasteiger charge is -2.43. The molecule has 0 aliphatic heterocycles. The molecule has 0 bridgehead atoms. The summed E-state index contributed by atoms with van der Waals surface area (Å²) in [5.74, 6) is 1.64. The molecule has 1 aliphatic carbocycles. The van der Waals surface area contributed by atoms with Gasteiger partial charge in [0.1, 0.15) is 0 Å². The van der Waals surface area contributed by atoms with Crippen molar-refractivity contribution in [1.82, 2.24) is 0 Å². The molecule has 1 saturated carbocycles. The van der Waals surface area contributed by atoms with Crippen LogP contribution < -0.4 is 0 Å². The lowest BCUT2D eigenvalue weighted by atomic mass is 9.63. The van der Waals surface area contributed by atoms with Gasteiger partial charge in [-0.1, -0.05) is 48.8 Å². The molecule has 0 radical (unpaired) electrons. The number of hydrogen-bond donors (Lipinski definition) is 0. The lowest BCUT2D eigenvalue weighted by Crippen LogP contribution is -2.35. The monoisotopic (exact) mass is 356 g/mol. The first-order valence-electron chi connectivity index (χ1n) is 7.65. The third kappa shape index (κ3) is 4.01. The normalized spacial score (nSPS) is 27.6. The van der Waals surface area contributed by atoms with Crippen molar-refractivity contribution in [2.75, 3.05) is 5.88 Å². The number of benzene rings is 1. The minimum atomic E-state index is 0.310. The van der Waals surface area contributed by atoms with Gasteiger partial charge in [-0.25, -0.2) is 0 Å². The first-order chi connectivity index (χ1) is 9.35. The van der Waals surface area contributed by atoms with Crippen LogP contribution in [0.4, 0.5) is 0 Å². The van der Waals surface area contributed by atoms with Crippen molar-refractivity contribution in [2.45, 2.75) is 52.9 Å². The van der Waals surface area contributed by atoms with E-state index in [2.05, 4.69) is 61.0 Å². The highest BCUT2D eigenvalue weighted by atomic mass is 79.9. The SMILES string of the molecule is CC(C)(C)C1CCC(CCl)(Cc2cccc(Br)c2)CC1. The zero-order valence-corrected chi connectivity index (χ0v) is 15.2. The van der Waals surface area contributed by atoms with E-state index in [-0.39, 0.29) is 0 Å². The second-order valence-electron chi connectivity index (χ2n) is 7.58.